The van der Waals surface area contributed by atoms with E-state index in [1.807, 2.05) is 6.07 Å². The van der Waals surface area contributed by atoms with Gasteiger partial charge in [0.05, 0.1) is 19.3 Å². The molecule has 0 bridgehead atoms. The number of rotatable bonds is 16. The van der Waals surface area contributed by atoms with Gasteiger partial charge in [-0.3, -0.25) is 0 Å². The molecule has 30 heavy (non-hydrogen) atoms. The summed E-state index contributed by atoms with van der Waals surface area (Å²) in [6.07, 6.45) is 6.63. The summed E-state index contributed by atoms with van der Waals surface area (Å²) in [5.74, 6) is 2.12. The number of furan rings is 1. The summed E-state index contributed by atoms with van der Waals surface area (Å²) in [6, 6.07) is 8.92. The third-order valence-corrected chi connectivity index (χ3v) is 5.10. The second-order valence-corrected chi connectivity index (χ2v) is 7.66. The van der Waals surface area contributed by atoms with Gasteiger partial charge < -0.3 is 29.8 Å². The Hall–Kier alpha value is -1.86. The van der Waals surface area contributed by atoms with Crippen LogP contribution in [-0.4, -0.2) is 41.6 Å². The van der Waals surface area contributed by atoms with E-state index in [4.69, 9.17) is 9.15 Å². The lowest BCUT2D eigenvalue weighted by Crippen LogP contribution is -2.22. The van der Waals surface area contributed by atoms with Gasteiger partial charge in [-0.05, 0) is 55.6 Å². The molecule has 6 nitrogen and oxygen atoms in total. The molecular weight excluding hydrogens is 382 g/mol. The second kappa shape index (κ2) is 14.2. The van der Waals surface area contributed by atoms with Crippen molar-refractivity contribution in [3.8, 4) is 5.75 Å². The molecule has 4 N–H and O–H groups in total. The number of aryl methyl sites for hydroxylation is 1. The minimum Gasteiger partial charge on any atom is -0.508 e. The van der Waals surface area contributed by atoms with Gasteiger partial charge in [0.15, 0.2) is 0 Å². The minimum atomic E-state index is -0.656. The smallest absolute Gasteiger partial charge is 0.121 e. The van der Waals surface area contributed by atoms with Gasteiger partial charge >= 0.3 is 0 Å². The first-order valence-electron chi connectivity index (χ1n) is 11.1. The molecule has 0 saturated carbocycles. The molecule has 0 aliphatic rings. The molecule has 1 heterocycles. The van der Waals surface area contributed by atoms with Gasteiger partial charge in [0.2, 0.25) is 0 Å². The molecular formula is C24H37NO5. The summed E-state index contributed by atoms with van der Waals surface area (Å²) in [5.41, 5.74) is 1.12. The fourth-order valence-electron chi connectivity index (χ4n) is 3.32. The normalized spacial score (nSPS) is 12.4. The number of aliphatic hydroxyl groups is 2. The van der Waals surface area contributed by atoms with Crippen LogP contribution in [0, 0.1) is 0 Å². The molecule has 0 aliphatic heterocycles. The second-order valence-electron chi connectivity index (χ2n) is 7.66. The Morgan fingerprint density at radius 1 is 1.00 bits per heavy atom. The Kier molecular flexibility index (Phi) is 11.6. The van der Waals surface area contributed by atoms with Gasteiger partial charge in [-0.25, -0.2) is 0 Å². The fourth-order valence-corrected chi connectivity index (χ4v) is 3.32. The molecule has 1 aromatic carbocycles. The number of unbranched alkanes of at least 4 members (excludes halogenated alkanes) is 3. The van der Waals surface area contributed by atoms with Gasteiger partial charge in [-0.15, -0.1) is 0 Å². The van der Waals surface area contributed by atoms with E-state index in [-0.39, 0.29) is 12.4 Å². The van der Waals surface area contributed by atoms with E-state index in [9.17, 15) is 15.3 Å². The standard InChI is InChI=1S/C24H37NO5/c1-2-7-21-9-10-22(30-21)12-15-29-14-6-4-3-5-13-25-17-24(28)19-8-11-23(27)20(16-19)18-26/h8-11,16,24-28H,2-7,12-15,17-18H2,1H3. The van der Waals surface area contributed by atoms with Gasteiger partial charge in [0.25, 0.3) is 0 Å². The summed E-state index contributed by atoms with van der Waals surface area (Å²) in [6.45, 7) is 4.69. The average Bonchev–Trinajstić information content (AvgIpc) is 3.19. The van der Waals surface area contributed by atoms with Crippen LogP contribution < -0.4 is 5.32 Å². The van der Waals surface area contributed by atoms with Crippen LogP contribution in [0.25, 0.3) is 0 Å². The van der Waals surface area contributed by atoms with Crippen LogP contribution in [0.15, 0.2) is 34.7 Å². The molecule has 0 spiro atoms. The van der Waals surface area contributed by atoms with Gasteiger partial charge in [0.1, 0.15) is 17.3 Å². The number of hydrogen-bond donors (Lipinski definition) is 4. The Labute approximate surface area is 179 Å². The van der Waals surface area contributed by atoms with Crippen LogP contribution in [0.3, 0.4) is 0 Å². The zero-order valence-corrected chi connectivity index (χ0v) is 18.1. The van der Waals surface area contributed by atoms with E-state index < -0.39 is 6.10 Å². The molecule has 2 aromatic rings. The van der Waals surface area contributed by atoms with Crippen molar-refractivity contribution < 1.29 is 24.5 Å². The first-order valence-corrected chi connectivity index (χ1v) is 11.1. The van der Waals surface area contributed by atoms with Crippen molar-refractivity contribution in [2.24, 2.45) is 0 Å². The molecule has 0 aliphatic carbocycles. The van der Waals surface area contributed by atoms with E-state index in [1.54, 1.807) is 12.1 Å². The average molecular weight is 420 g/mol. The molecule has 2 rings (SSSR count). The van der Waals surface area contributed by atoms with Crippen LogP contribution in [-0.2, 0) is 24.2 Å². The Balaban J connectivity index is 1.43. The Bertz CT molecular complexity index is 715. The summed E-state index contributed by atoms with van der Waals surface area (Å²) in [7, 11) is 0. The molecule has 0 radical (unpaired) electrons. The van der Waals surface area contributed by atoms with E-state index >= 15 is 0 Å². The first-order chi connectivity index (χ1) is 14.6. The van der Waals surface area contributed by atoms with Crippen molar-refractivity contribution in [1.82, 2.24) is 5.32 Å². The largest absolute Gasteiger partial charge is 0.508 e. The third kappa shape index (κ3) is 8.88. The Morgan fingerprint density at radius 3 is 2.53 bits per heavy atom. The Morgan fingerprint density at radius 2 is 1.77 bits per heavy atom. The molecule has 1 unspecified atom stereocenters. The van der Waals surface area contributed by atoms with E-state index in [0.717, 1.165) is 69.6 Å². The maximum Gasteiger partial charge on any atom is 0.121 e. The van der Waals surface area contributed by atoms with Crippen molar-refractivity contribution in [3.05, 3.63) is 53.0 Å². The number of benzene rings is 1. The van der Waals surface area contributed by atoms with Gasteiger partial charge in [-0.2, -0.15) is 0 Å². The molecule has 0 saturated heterocycles. The van der Waals surface area contributed by atoms with Crippen molar-refractivity contribution >= 4 is 0 Å². The quantitative estimate of drug-likeness (QED) is 0.309. The zero-order chi connectivity index (χ0) is 21.6. The number of hydrogen-bond acceptors (Lipinski definition) is 6. The van der Waals surface area contributed by atoms with E-state index in [2.05, 4.69) is 18.3 Å². The predicted octanol–water partition coefficient (Wildman–Crippen LogP) is 3.87. The first kappa shape index (κ1) is 24.4. The minimum absolute atomic E-state index is 0.0486. The van der Waals surface area contributed by atoms with Gasteiger partial charge in [0, 0.05) is 31.6 Å². The maximum absolute atomic E-state index is 10.2. The fraction of sp³-hybridized carbons (Fsp3) is 0.583. The lowest BCUT2D eigenvalue weighted by molar-refractivity contribution is 0.129. The summed E-state index contributed by atoms with van der Waals surface area (Å²) in [5, 5.41) is 32.2. The molecule has 168 valence electrons. The molecule has 6 heteroatoms. The number of nitrogens with one attached hydrogen (secondary N) is 1. The highest BCUT2D eigenvalue weighted by Crippen LogP contribution is 2.22. The number of phenols is 1. The molecule has 0 amide bonds. The lowest BCUT2D eigenvalue weighted by Gasteiger charge is -2.14. The molecule has 0 fully saturated rings. The van der Waals surface area contributed by atoms with Crippen LogP contribution in [0.2, 0.25) is 0 Å². The van der Waals surface area contributed by atoms with E-state index in [1.165, 1.54) is 6.07 Å². The predicted molar refractivity (Wildman–Crippen MR) is 118 cm³/mol. The maximum atomic E-state index is 10.2. The van der Waals surface area contributed by atoms with Crippen LogP contribution in [0.4, 0.5) is 0 Å². The van der Waals surface area contributed by atoms with Gasteiger partial charge in [-0.1, -0.05) is 25.8 Å². The van der Waals surface area contributed by atoms with Crippen LogP contribution >= 0.6 is 0 Å². The van der Waals surface area contributed by atoms with E-state index in [0.29, 0.717) is 24.3 Å². The zero-order valence-electron chi connectivity index (χ0n) is 18.1. The molecule has 1 aromatic heterocycles. The van der Waals surface area contributed by atoms with Crippen molar-refractivity contribution in [2.75, 3.05) is 26.3 Å². The summed E-state index contributed by atoms with van der Waals surface area (Å²) in [4.78, 5) is 0. The monoisotopic (exact) mass is 419 g/mol. The van der Waals surface area contributed by atoms with Crippen LogP contribution in [0.5, 0.6) is 5.75 Å². The molecule has 1 atom stereocenters. The number of aromatic hydroxyl groups is 1. The van der Waals surface area contributed by atoms with Crippen molar-refractivity contribution in [1.29, 1.82) is 0 Å². The van der Waals surface area contributed by atoms with Crippen molar-refractivity contribution in [3.63, 3.8) is 0 Å². The SMILES string of the molecule is CCCc1ccc(CCOCCCCCCNCC(O)c2ccc(O)c(CO)c2)o1. The lowest BCUT2D eigenvalue weighted by atomic mass is 10.1. The summed E-state index contributed by atoms with van der Waals surface area (Å²) < 4.78 is 11.4. The van der Waals surface area contributed by atoms with Crippen LogP contribution in [0.1, 0.15) is 67.8 Å². The highest BCUT2D eigenvalue weighted by Gasteiger charge is 2.09. The number of ether oxygens (including phenoxy) is 1. The summed E-state index contributed by atoms with van der Waals surface area (Å²) >= 11 is 0. The highest BCUT2D eigenvalue weighted by atomic mass is 16.5. The highest BCUT2D eigenvalue weighted by molar-refractivity contribution is 5.36. The number of aliphatic hydroxyl groups excluding tert-OH is 2. The van der Waals surface area contributed by atoms with Crippen molar-refractivity contribution in [2.45, 2.75) is 64.6 Å². The third-order valence-electron chi connectivity index (χ3n) is 5.10. The topological polar surface area (TPSA) is 95.1 Å².